The minimum atomic E-state index is -0.0284. The predicted molar refractivity (Wildman–Crippen MR) is 95.3 cm³/mol. The summed E-state index contributed by atoms with van der Waals surface area (Å²) in [6.45, 7) is 4.03. The van der Waals surface area contributed by atoms with Crippen LogP contribution in [0.2, 0.25) is 0 Å². The molecule has 1 aromatic heterocycles. The Morgan fingerprint density at radius 3 is 2.91 bits per heavy atom. The van der Waals surface area contributed by atoms with Gasteiger partial charge in [-0.1, -0.05) is 12.1 Å². The van der Waals surface area contributed by atoms with Crippen molar-refractivity contribution in [2.45, 2.75) is 18.7 Å². The molecule has 6 heteroatoms. The highest BCUT2D eigenvalue weighted by molar-refractivity contribution is 7.99. The Balaban J connectivity index is 1.87. The summed E-state index contributed by atoms with van der Waals surface area (Å²) in [5.74, 6) is 0.680. The van der Waals surface area contributed by atoms with E-state index in [-0.39, 0.29) is 11.7 Å². The lowest BCUT2D eigenvalue weighted by atomic mass is 10.0. The van der Waals surface area contributed by atoms with E-state index in [1.807, 2.05) is 42.6 Å². The van der Waals surface area contributed by atoms with Gasteiger partial charge in [0.25, 0.3) is 0 Å². The van der Waals surface area contributed by atoms with E-state index in [1.165, 1.54) is 18.3 Å². The Hall–Kier alpha value is -1.92. The number of thiazole rings is 1. The summed E-state index contributed by atoms with van der Waals surface area (Å²) < 4.78 is 0. The number of carbonyl (C=O) groups excluding carboxylic acids is 2. The zero-order chi connectivity index (χ0) is 16.4. The van der Waals surface area contributed by atoms with Gasteiger partial charge in [-0.3, -0.25) is 14.5 Å². The molecule has 0 radical (unpaired) electrons. The number of amides is 1. The van der Waals surface area contributed by atoms with Crippen LogP contribution in [0.1, 0.15) is 29.9 Å². The number of anilines is 1. The third-order valence-corrected chi connectivity index (χ3v) is 5.57. The highest BCUT2D eigenvalue weighted by Crippen LogP contribution is 2.33. The molecule has 3 rings (SSSR count). The first-order chi connectivity index (χ1) is 11.1. The van der Waals surface area contributed by atoms with Crippen molar-refractivity contribution in [3.05, 3.63) is 46.5 Å². The largest absolute Gasteiger partial charge is 0.289 e. The monoisotopic (exact) mass is 344 g/mol. The van der Waals surface area contributed by atoms with E-state index in [0.717, 1.165) is 21.7 Å². The fourth-order valence-electron chi connectivity index (χ4n) is 2.42. The molecule has 4 nitrogen and oxygen atoms in total. The van der Waals surface area contributed by atoms with Crippen LogP contribution in [0.4, 0.5) is 5.13 Å². The van der Waals surface area contributed by atoms with E-state index in [2.05, 4.69) is 4.98 Å². The Bertz CT molecular complexity index is 795. The molecule has 0 saturated carbocycles. The Labute approximate surface area is 143 Å². The van der Waals surface area contributed by atoms with E-state index in [1.54, 1.807) is 16.7 Å². The number of benzene rings is 1. The molecule has 23 heavy (non-hydrogen) atoms. The van der Waals surface area contributed by atoms with E-state index >= 15 is 0 Å². The van der Waals surface area contributed by atoms with Gasteiger partial charge in [0.1, 0.15) is 0 Å². The van der Waals surface area contributed by atoms with Gasteiger partial charge in [0, 0.05) is 40.6 Å². The maximum absolute atomic E-state index is 12.6. The number of ketones is 1. The molecule has 1 aromatic carbocycles. The molecule has 2 aromatic rings. The predicted octanol–water partition coefficient (Wildman–Crippen LogP) is 3.89. The quantitative estimate of drug-likeness (QED) is 0.793. The maximum atomic E-state index is 12.6. The number of hydrogen-bond acceptors (Lipinski definition) is 5. The van der Waals surface area contributed by atoms with Gasteiger partial charge in [0.05, 0.1) is 5.69 Å². The molecule has 2 heterocycles. The molecule has 0 spiro atoms. The minimum Gasteiger partial charge on any atom is -0.289 e. The molecular formula is C17H16N2O2S2. The van der Waals surface area contributed by atoms with Crippen molar-refractivity contribution in [2.24, 2.45) is 0 Å². The van der Waals surface area contributed by atoms with Crippen molar-refractivity contribution in [1.29, 1.82) is 0 Å². The summed E-state index contributed by atoms with van der Waals surface area (Å²) in [5, 5.41) is 2.55. The summed E-state index contributed by atoms with van der Waals surface area (Å²) in [7, 11) is 0. The van der Waals surface area contributed by atoms with Crippen LogP contribution in [0.3, 0.4) is 0 Å². The molecule has 0 N–H and O–H groups in total. The van der Waals surface area contributed by atoms with Gasteiger partial charge in [-0.25, -0.2) is 4.98 Å². The molecule has 0 unspecified atom stereocenters. The molecule has 118 valence electrons. The first-order valence-electron chi connectivity index (χ1n) is 7.31. The lowest BCUT2D eigenvalue weighted by Gasteiger charge is -2.16. The molecule has 1 aliphatic rings. The SMILES string of the molecule is CCN(C(C)=O)c1nc(/C=C2\CSc3ccccc3C2=O)cs1. The highest BCUT2D eigenvalue weighted by atomic mass is 32.2. The number of rotatable bonds is 3. The number of fused-ring (bicyclic) bond motifs is 1. The van der Waals surface area contributed by atoms with E-state index in [9.17, 15) is 9.59 Å². The second kappa shape index (κ2) is 6.68. The van der Waals surface area contributed by atoms with Gasteiger partial charge in [0.2, 0.25) is 5.91 Å². The Morgan fingerprint density at radius 1 is 1.39 bits per heavy atom. The molecular weight excluding hydrogens is 328 g/mol. The average Bonchev–Trinajstić information content (AvgIpc) is 2.99. The fraction of sp³-hybridized carbons (Fsp3) is 0.235. The number of aromatic nitrogens is 1. The van der Waals surface area contributed by atoms with Gasteiger partial charge < -0.3 is 0 Å². The van der Waals surface area contributed by atoms with Crippen molar-refractivity contribution < 1.29 is 9.59 Å². The van der Waals surface area contributed by atoms with Crippen molar-refractivity contribution in [2.75, 3.05) is 17.2 Å². The molecule has 1 amide bonds. The van der Waals surface area contributed by atoms with Crippen molar-refractivity contribution in [3.63, 3.8) is 0 Å². The van der Waals surface area contributed by atoms with Crippen molar-refractivity contribution in [3.8, 4) is 0 Å². The zero-order valence-electron chi connectivity index (χ0n) is 12.9. The summed E-state index contributed by atoms with van der Waals surface area (Å²) in [6, 6.07) is 7.66. The van der Waals surface area contributed by atoms with Gasteiger partial charge in [0.15, 0.2) is 10.9 Å². The van der Waals surface area contributed by atoms with Crippen LogP contribution >= 0.6 is 23.1 Å². The average molecular weight is 344 g/mol. The summed E-state index contributed by atoms with van der Waals surface area (Å²) in [5.41, 5.74) is 2.23. The molecule has 0 aliphatic carbocycles. The van der Waals surface area contributed by atoms with E-state index in [4.69, 9.17) is 0 Å². The van der Waals surface area contributed by atoms with E-state index < -0.39 is 0 Å². The van der Waals surface area contributed by atoms with Crippen LogP contribution in [0, 0.1) is 0 Å². The maximum Gasteiger partial charge on any atom is 0.225 e. The van der Waals surface area contributed by atoms with Crippen LogP contribution in [0.25, 0.3) is 6.08 Å². The minimum absolute atomic E-state index is 0.0284. The lowest BCUT2D eigenvalue weighted by molar-refractivity contribution is -0.116. The van der Waals surface area contributed by atoms with Gasteiger partial charge >= 0.3 is 0 Å². The second-order valence-electron chi connectivity index (χ2n) is 5.10. The van der Waals surface area contributed by atoms with Crippen LogP contribution in [-0.2, 0) is 4.79 Å². The van der Waals surface area contributed by atoms with Crippen LogP contribution in [0.15, 0.2) is 40.1 Å². The third-order valence-electron chi connectivity index (χ3n) is 3.57. The molecule has 0 atom stereocenters. The number of carbonyl (C=O) groups is 2. The molecule has 0 fully saturated rings. The fourth-order valence-corrected chi connectivity index (χ4v) is 4.33. The number of nitrogens with zero attached hydrogens (tertiary/aromatic N) is 2. The topological polar surface area (TPSA) is 50.3 Å². The van der Waals surface area contributed by atoms with E-state index in [0.29, 0.717) is 17.4 Å². The number of hydrogen-bond donors (Lipinski definition) is 0. The molecule has 0 saturated heterocycles. The van der Waals surface area contributed by atoms with Crippen molar-refractivity contribution >= 4 is 46.0 Å². The lowest BCUT2D eigenvalue weighted by Crippen LogP contribution is -2.27. The standard InChI is InChI=1S/C17H16N2O2S2/c1-3-19(11(2)20)17-18-13(10-23-17)8-12-9-22-15-7-5-4-6-14(15)16(12)21/h4-8,10H,3,9H2,1-2H3/b12-8+. The summed E-state index contributed by atoms with van der Waals surface area (Å²) >= 11 is 3.08. The third kappa shape index (κ3) is 3.23. The van der Waals surface area contributed by atoms with Crippen molar-refractivity contribution in [1.82, 2.24) is 4.98 Å². The zero-order valence-corrected chi connectivity index (χ0v) is 14.5. The number of thioether (sulfide) groups is 1. The Morgan fingerprint density at radius 2 is 2.17 bits per heavy atom. The first kappa shape index (κ1) is 16.0. The normalized spacial score (nSPS) is 15.6. The van der Waals surface area contributed by atoms with Gasteiger partial charge in [-0.15, -0.1) is 23.1 Å². The molecule has 0 bridgehead atoms. The van der Waals surface area contributed by atoms with Crippen LogP contribution in [0.5, 0.6) is 0 Å². The van der Waals surface area contributed by atoms with Crippen LogP contribution in [-0.4, -0.2) is 29.0 Å². The van der Waals surface area contributed by atoms with Gasteiger partial charge in [-0.2, -0.15) is 0 Å². The smallest absolute Gasteiger partial charge is 0.225 e. The van der Waals surface area contributed by atoms with Gasteiger partial charge in [-0.05, 0) is 25.1 Å². The number of Topliss-reactive ketones (excluding diaryl/α,β-unsaturated/α-hetero) is 1. The first-order valence-corrected chi connectivity index (χ1v) is 9.17. The van der Waals surface area contributed by atoms with Crippen LogP contribution < -0.4 is 4.90 Å². The second-order valence-corrected chi connectivity index (χ2v) is 6.96. The summed E-state index contributed by atoms with van der Waals surface area (Å²) in [6.07, 6.45) is 1.83. The highest BCUT2D eigenvalue weighted by Gasteiger charge is 2.22. The summed E-state index contributed by atoms with van der Waals surface area (Å²) in [4.78, 5) is 31.3. The Kier molecular flexibility index (Phi) is 4.63. The molecule has 1 aliphatic heterocycles.